The molecule has 0 atom stereocenters. The Morgan fingerprint density at radius 3 is 2.33 bits per heavy atom. The number of carbonyl (C=O) groups is 2. The number of hydrogen-bond acceptors (Lipinski definition) is 3. The molecule has 24 heavy (non-hydrogen) atoms. The van der Waals surface area contributed by atoms with E-state index in [2.05, 4.69) is 0 Å². The monoisotopic (exact) mass is 334 g/mol. The molecule has 3 rings (SSSR count). The Bertz CT molecular complexity index is 891. The minimum Gasteiger partial charge on any atom is -0.478 e. The van der Waals surface area contributed by atoms with E-state index in [4.69, 9.17) is 5.11 Å². The average molecular weight is 334 g/mol. The summed E-state index contributed by atoms with van der Waals surface area (Å²) in [5.74, 6) is -1.17. The molecule has 0 fully saturated rings. The molecule has 0 bridgehead atoms. The van der Waals surface area contributed by atoms with Crippen LogP contribution in [0.1, 0.15) is 26.3 Å². The van der Waals surface area contributed by atoms with E-state index < -0.39 is 5.97 Å². The molecule has 1 aromatic heterocycles. The van der Waals surface area contributed by atoms with E-state index in [1.807, 2.05) is 29.6 Å². The first-order valence-electron chi connectivity index (χ1n) is 7.34. The summed E-state index contributed by atoms with van der Waals surface area (Å²) in [6, 6.07) is 18.0. The normalized spacial score (nSPS) is 10.8. The van der Waals surface area contributed by atoms with Crippen LogP contribution in [0.25, 0.3) is 16.5 Å². The quantitative estimate of drug-likeness (QED) is 0.527. The first kappa shape index (κ1) is 15.9. The van der Waals surface area contributed by atoms with Crippen molar-refractivity contribution >= 4 is 29.2 Å². The van der Waals surface area contributed by atoms with Crippen molar-refractivity contribution in [3.63, 3.8) is 0 Å². The van der Waals surface area contributed by atoms with Crippen LogP contribution in [0.3, 0.4) is 0 Å². The lowest BCUT2D eigenvalue weighted by Crippen LogP contribution is -1.99. The number of hydrogen-bond donors (Lipinski definition) is 1. The van der Waals surface area contributed by atoms with Crippen LogP contribution in [-0.2, 0) is 0 Å². The minimum absolute atomic E-state index is 0.159. The van der Waals surface area contributed by atoms with Crippen LogP contribution in [0.4, 0.5) is 0 Å². The van der Waals surface area contributed by atoms with Crippen LogP contribution in [-0.4, -0.2) is 16.9 Å². The molecule has 0 radical (unpaired) electrons. The summed E-state index contributed by atoms with van der Waals surface area (Å²) < 4.78 is 0. The van der Waals surface area contributed by atoms with Crippen molar-refractivity contribution in [2.75, 3.05) is 0 Å². The molecular formula is C20H14O3S. The van der Waals surface area contributed by atoms with Gasteiger partial charge >= 0.3 is 5.97 Å². The summed E-state index contributed by atoms with van der Waals surface area (Å²) in [7, 11) is 0. The molecule has 0 unspecified atom stereocenters. The lowest BCUT2D eigenvalue weighted by molar-refractivity contribution is 0.0696. The van der Waals surface area contributed by atoms with Crippen molar-refractivity contribution in [2.24, 2.45) is 0 Å². The van der Waals surface area contributed by atoms with Gasteiger partial charge in [0.25, 0.3) is 0 Å². The topological polar surface area (TPSA) is 54.4 Å². The van der Waals surface area contributed by atoms with Crippen molar-refractivity contribution in [1.82, 2.24) is 0 Å². The molecule has 0 spiro atoms. The molecule has 0 aliphatic carbocycles. The molecule has 3 nitrogen and oxygen atoms in total. The van der Waals surface area contributed by atoms with Crippen LogP contribution in [0, 0.1) is 0 Å². The molecule has 0 aliphatic heterocycles. The van der Waals surface area contributed by atoms with Gasteiger partial charge in [-0.25, -0.2) is 4.79 Å². The van der Waals surface area contributed by atoms with E-state index >= 15 is 0 Å². The number of carboxylic acids is 1. The number of carbonyl (C=O) groups excluding carboxylic acids is 1. The summed E-state index contributed by atoms with van der Waals surface area (Å²) in [6.45, 7) is 0. The number of ketones is 1. The zero-order valence-electron chi connectivity index (χ0n) is 12.7. The minimum atomic E-state index is -1.01. The molecular weight excluding hydrogens is 320 g/mol. The van der Waals surface area contributed by atoms with Crippen LogP contribution in [0.15, 0.2) is 72.1 Å². The third-order valence-corrected chi connectivity index (χ3v) is 4.50. The Morgan fingerprint density at radius 2 is 1.67 bits per heavy atom. The Balaban J connectivity index is 1.79. The molecule has 1 N–H and O–H groups in total. The van der Waals surface area contributed by atoms with Crippen molar-refractivity contribution in [2.45, 2.75) is 0 Å². The predicted molar refractivity (Wildman–Crippen MR) is 96.5 cm³/mol. The number of benzene rings is 2. The highest BCUT2D eigenvalue weighted by molar-refractivity contribution is 7.13. The van der Waals surface area contributed by atoms with E-state index in [1.165, 1.54) is 12.1 Å². The summed E-state index contributed by atoms with van der Waals surface area (Å²) in [5, 5.41) is 11.2. The van der Waals surface area contributed by atoms with Crippen molar-refractivity contribution < 1.29 is 14.7 Å². The van der Waals surface area contributed by atoms with E-state index in [-0.39, 0.29) is 11.3 Å². The highest BCUT2D eigenvalue weighted by atomic mass is 32.1. The van der Waals surface area contributed by atoms with Gasteiger partial charge in [0.15, 0.2) is 5.78 Å². The Morgan fingerprint density at radius 1 is 0.917 bits per heavy atom. The number of allylic oxidation sites excluding steroid dienone is 1. The molecule has 2 aromatic carbocycles. The van der Waals surface area contributed by atoms with Gasteiger partial charge in [-0.15, -0.1) is 11.3 Å². The first-order chi connectivity index (χ1) is 11.6. The summed E-state index contributed by atoms with van der Waals surface area (Å²) >= 11 is 1.65. The molecule has 1 heterocycles. The molecule has 118 valence electrons. The summed E-state index contributed by atoms with van der Waals surface area (Å²) in [4.78, 5) is 24.6. The van der Waals surface area contributed by atoms with E-state index in [1.54, 1.807) is 47.7 Å². The third-order valence-electron chi connectivity index (χ3n) is 3.58. The maximum atomic E-state index is 12.3. The van der Waals surface area contributed by atoms with Crippen LogP contribution >= 0.6 is 11.3 Å². The molecule has 0 saturated carbocycles. The highest BCUT2D eigenvalue weighted by Crippen LogP contribution is 2.24. The maximum absolute atomic E-state index is 12.3. The van der Waals surface area contributed by atoms with Gasteiger partial charge in [-0.1, -0.05) is 54.6 Å². The number of carboxylic acid groups (broad SMARTS) is 1. The summed E-state index contributed by atoms with van der Waals surface area (Å²) in [6.07, 6.45) is 2.95. The third kappa shape index (κ3) is 3.50. The van der Waals surface area contributed by atoms with Gasteiger partial charge in [0.1, 0.15) is 0 Å². The fourth-order valence-electron chi connectivity index (χ4n) is 2.34. The van der Waals surface area contributed by atoms with Gasteiger partial charge in [0.05, 0.1) is 5.56 Å². The Labute approximate surface area is 143 Å². The predicted octanol–water partition coefficient (Wildman–Crippen LogP) is 5.01. The molecule has 0 saturated heterocycles. The highest BCUT2D eigenvalue weighted by Gasteiger charge is 2.08. The van der Waals surface area contributed by atoms with E-state index in [0.29, 0.717) is 11.1 Å². The van der Waals surface area contributed by atoms with Crippen LogP contribution in [0.2, 0.25) is 0 Å². The number of aromatic carboxylic acids is 1. The Hall–Kier alpha value is -2.98. The van der Waals surface area contributed by atoms with Gasteiger partial charge in [0, 0.05) is 10.4 Å². The van der Waals surface area contributed by atoms with Crippen molar-refractivity contribution in [1.29, 1.82) is 0 Å². The number of rotatable bonds is 5. The lowest BCUT2D eigenvalue weighted by atomic mass is 10.0. The average Bonchev–Trinajstić information content (AvgIpc) is 3.14. The Kier molecular flexibility index (Phi) is 4.68. The second-order valence-corrected chi connectivity index (χ2v) is 6.09. The van der Waals surface area contributed by atoms with Gasteiger partial charge < -0.3 is 5.11 Å². The van der Waals surface area contributed by atoms with Crippen LogP contribution in [0.5, 0.6) is 0 Å². The second-order valence-electron chi connectivity index (χ2n) is 5.14. The van der Waals surface area contributed by atoms with E-state index in [9.17, 15) is 9.59 Å². The molecule has 4 heteroatoms. The zero-order valence-corrected chi connectivity index (χ0v) is 13.5. The van der Waals surface area contributed by atoms with Gasteiger partial charge in [-0.3, -0.25) is 4.79 Å². The molecule has 3 aromatic rings. The largest absolute Gasteiger partial charge is 0.478 e. The first-order valence-corrected chi connectivity index (χ1v) is 8.22. The standard InChI is InChI=1S/C20H14O3S/c21-18(12-11-14-4-1-2-5-17(14)20(22)23)15-7-9-16(10-8-15)19-6-3-13-24-19/h1-13H,(H,22,23). The van der Waals surface area contributed by atoms with Gasteiger partial charge in [-0.05, 0) is 34.7 Å². The fraction of sp³-hybridized carbons (Fsp3) is 0. The van der Waals surface area contributed by atoms with Crippen molar-refractivity contribution in [3.05, 3.63) is 88.8 Å². The maximum Gasteiger partial charge on any atom is 0.336 e. The lowest BCUT2D eigenvalue weighted by Gasteiger charge is -2.01. The van der Waals surface area contributed by atoms with Crippen LogP contribution < -0.4 is 0 Å². The van der Waals surface area contributed by atoms with Gasteiger partial charge in [0.2, 0.25) is 0 Å². The molecule has 0 amide bonds. The second kappa shape index (κ2) is 7.06. The van der Waals surface area contributed by atoms with Gasteiger partial charge in [-0.2, -0.15) is 0 Å². The summed E-state index contributed by atoms with van der Waals surface area (Å²) in [5.41, 5.74) is 2.32. The smallest absolute Gasteiger partial charge is 0.336 e. The fourth-order valence-corrected chi connectivity index (χ4v) is 3.07. The van der Waals surface area contributed by atoms with E-state index in [0.717, 1.165) is 10.4 Å². The number of thiophene rings is 1. The SMILES string of the molecule is O=C(C=Cc1ccccc1C(=O)O)c1ccc(-c2cccs2)cc1. The molecule has 0 aliphatic rings. The zero-order chi connectivity index (χ0) is 16.9. The van der Waals surface area contributed by atoms with Crippen molar-refractivity contribution in [3.8, 4) is 10.4 Å².